The molecule has 0 saturated carbocycles. The van der Waals surface area contributed by atoms with E-state index in [2.05, 4.69) is 4.99 Å². The summed E-state index contributed by atoms with van der Waals surface area (Å²) in [5, 5.41) is 10.7. The third kappa shape index (κ3) is 3.10. The number of nitro benzene ring substituents is 1. The van der Waals surface area contributed by atoms with Gasteiger partial charge in [-0.25, -0.2) is 9.79 Å². The molecule has 1 aliphatic heterocycles. The number of nitro groups is 1. The predicted octanol–water partition coefficient (Wildman–Crippen LogP) is 2.89. The van der Waals surface area contributed by atoms with E-state index < -0.39 is 10.9 Å². The van der Waals surface area contributed by atoms with Gasteiger partial charge in [0.15, 0.2) is 0 Å². The first-order valence-electron chi connectivity index (χ1n) is 7.26. The molecule has 2 aliphatic rings. The Morgan fingerprint density at radius 3 is 2.79 bits per heavy atom. The summed E-state index contributed by atoms with van der Waals surface area (Å²) in [5.41, 5.74) is 0.665. The molecule has 1 aliphatic carbocycles. The molecule has 0 bridgehead atoms. The Kier molecular flexibility index (Phi) is 4.24. The summed E-state index contributed by atoms with van der Waals surface area (Å²) in [6, 6.07) is 5.67. The van der Waals surface area contributed by atoms with Crippen LogP contribution in [0.25, 0.3) is 0 Å². The van der Waals surface area contributed by atoms with Crippen LogP contribution in [0.1, 0.15) is 12.0 Å². The molecular weight excluding hydrogens is 312 g/mol. The van der Waals surface area contributed by atoms with Crippen molar-refractivity contribution in [3.63, 3.8) is 0 Å². The van der Waals surface area contributed by atoms with Crippen molar-refractivity contribution in [2.45, 2.75) is 6.42 Å². The van der Waals surface area contributed by atoms with Crippen molar-refractivity contribution < 1.29 is 19.2 Å². The average Bonchev–Trinajstić information content (AvgIpc) is 2.96. The van der Waals surface area contributed by atoms with Crippen LogP contribution in [0.15, 0.2) is 65.0 Å². The van der Waals surface area contributed by atoms with Gasteiger partial charge in [0.1, 0.15) is 11.5 Å². The maximum Gasteiger partial charge on any atom is 0.363 e. The molecular formula is C17H14N2O5. The van der Waals surface area contributed by atoms with Crippen molar-refractivity contribution >= 4 is 17.6 Å². The Labute approximate surface area is 137 Å². The van der Waals surface area contributed by atoms with Crippen molar-refractivity contribution in [3.05, 3.63) is 75.7 Å². The van der Waals surface area contributed by atoms with E-state index >= 15 is 0 Å². The Bertz CT molecular complexity index is 803. The van der Waals surface area contributed by atoms with Gasteiger partial charge in [-0.2, -0.15) is 0 Å². The van der Waals surface area contributed by atoms with Crippen LogP contribution in [0.5, 0.6) is 0 Å². The lowest BCUT2D eigenvalue weighted by atomic mass is 9.97. The third-order valence-electron chi connectivity index (χ3n) is 3.69. The number of benzene rings is 1. The molecule has 1 aromatic rings. The van der Waals surface area contributed by atoms with Crippen molar-refractivity contribution in [3.8, 4) is 0 Å². The molecule has 1 atom stereocenters. The minimum Gasteiger partial charge on any atom is -0.500 e. The number of carbonyl (C=O) groups is 1. The van der Waals surface area contributed by atoms with Crippen LogP contribution in [0, 0.1) is 16.0 Å². The van der Waals surface area contributed by atoms with Crippen LogP contribution in [-0.2, 0) is 14.3 Å². The third-order valence-corrected chi connectivity index (χ3v) is 3.69. The monoisotopic (exact) mass is 326 g/mol. The van der Waals surface area contributed by atoms with E-state index in [0.717, 1.165) is 5.76 Å². The highest BCUT2D eigenvalue weighted by atomic mass is 16.6. The highest BCUT2D eigenvalue weighted by molar-refractivity contribution is 6.11. The van der Waals surface area contributed by atoms with E-state index in [-0.39, 0.29) is 23.2 Å². The lowest BCUT2D eigenvalue weighted by Gasteiger charge is -2.16. The summed E-state index contributed by atoms with van der Waals surface area (Å²) in [5.74, 6) is 0.253. The van der Waals surface area contributed by atoms with Gasteiger partial charge in [-0.15, -0.1) is 0 Å². The van der Waals surface area contributed by atoms with Gasteiger partial charge in [-0.1, -0.05) is 12.2 Å². The maximum absolute atomic E-state index is 12.0. The molecule has 1 heterocycles. The number of hydrogen-bond donors (Lipinski definition) is 0. The number of carbonyl (C=O) groups excluding carboxylic acids is 1. The minimum absolute atomic E-state index is 0.0386. The first-order chi connectivity index (χ1) is 11.6. The zero-order chi connectivity index (χ0) is 17.1. The first kappa shape index (κ1) is 15.7. The molecule has 0 fully saturated rings. The second-order valence-electron chi connectivity index (χ2n) is 5.21. The molecule has 7 nitrogen and oxygen atoms in total. The molecule has 1 unspecified atom stereocenters. The number of methoxy groups -OCH3 is 1. The van der Waals surface area contributed by atoms with E-state index in [1.165, 1.54) is 24.3 Å². The number of allylic oxidation sites excluding steroid dienone is 4. The minimum atomic E-state index is -0.548. The van der Waals surface area contributed by atoms with Crippen molar-refractivity contribution in [1.29, 1.82) is 0 Å². The van der Waals surface area contributed by atoms with Gasteiger partial charge in [0.05, 0.1) is 12.0 Å². The highest BCUT2D eigenvalue weighted by Crippen LogP contribution is 2.26. The molecule has 122 valence electrons. The summed E-state index contributed by atoms with van der Waals surface area (Å²) in [6.45, 7) is 0. The quantitative estimate of drug-likeness (QED) is 0.367. The van der Waals surface area contributed by atoms with Gasteiger partial charge >= 0.3 is 5.97 Å². The lowest BCUT2D eigenvalue weighted by Crippen LogP contribution is -2.08. The summed E-state index contributed by atoms with van der Waals surface area (Å²) in [7, 11) is 1.58. The summed E-state index contributed by atoms with van der Waals surface area (Å²) >= 11 is 0. The van der Waals surface area contributed by atoms with Gasteiger partial charge in [0.2, 0.25) is 5.90 Å². The number of aliphatic imine (C=N–C) groups is 1. The molecule has 0 N–H and O–H groups in total. The summed E-state index contributed by atoms with van der Waals surface area (Å²) in [4.78, 5) is 26.4. The topological polar surface area (TPSA) is 91.0 Å². The molecule has 24 heavy (non-hydrogen) atoms. The standard InChI is InChI=1S/C17H14N2O5/c1-23-15-5-3-2-4-12(15)10-14-17(20)24-16(18-14)11-6-8-13(9-7-11)19(21)22/h2-3,5-10,12H,4H2,1H3/b14-10-. The Morgan fingerprint density at radius 2 is 2.12 bits per heavy atom. The van der Waals surface area contributed by atoms with Crippen LogP contribution in [0.2, 0.25) is 0 Å². The molecule has 0 aromatic heterocycles. The number of non-ortho nitro benzene ring substituents is 1. The van der Waals surface area contributed by atoms with Crippen LogP contribution in [0.4, 0.5) is 5.69 Å². The van der Waals surface area contributed by atoms with E-state index in [1.807, 2.05) is 18.2 Å². The van der Waals surface area contributed by atoms with Gasteiger partial charge < -0.3 is 9.47 Å². The maximum atomic E-state index is 12.0. The zero-order valence-electron chi connectivity index (χ0n) is 12.8. The van der Waals surface area contributed by atoms with Crippen LogP contribution in [0.3, 0.4) is 0 Å². The Balaban J connectivity index is 1.85. The van der Waals surface area contributed by atoms with E-state index in [1.54, 1.807) is 13.2 Å². The highest BCUT2D eigenvalue weighted by Gasteiger charge is 2.26. The van der Waals surface area contributed by atoms with Crippen molar-refractivity contribution in [2.24, 2.45) is 10.9 Å². The van der Waals surface area contributed by atoms with Crippen LogP contribution in [-0.4, -0.2) is 23.9 Å². The van der Waals surface area contributed by atoms with Crippen molar-refractivity contribution in [1.82, 2.24) is 0 Å². The number of nitrogens with zero attached hydrogens (tertiary/aromatic N) is 2. The average molecular weight is 326 g/mol. The molecule has 1 aromatic carbocycles. The van der Waals surface area contributed by atoms with E-state index in [9.17, 15) is 14.9 Å². The number of esters is 1. The van der Waals surface area contributed by atoms with Gasteiger partial charge in [0.25, 0.3) is 5.69 Å². The fourth-order valence-corrected chi connectivity index (χ4v) is 2.46. The van der Waals surface area contributed by atoms with Gasteiger partial charge in [0, 0.05) is 23.6 Å². The Hall–Kier alpha value is -3.22. The van der Waals surface area contributed by atoms with Gasteiger partial charge in [-0.3, -0.25) is 10.1 Å². The molecule has 3 rings (SSSR count). The van der Waals surface area contributed by atoms with E-state index in [4.69, 9.17) is 9.47 Å². The fraction of sp³-hybridized carbons (Fsp3) is 0.176. The smallest absolute Gasteiger partial charge is 0.363 e. The first-order valence-corrected chi connectivity index (χ1v) is 7.26. The second kappa shape index (κ2) is 6.49. The molecule has 0 radical (unpaired) electrons. The normalized spacial score (nSPS) is 21.3. The second-order valence-corrected chi connectivity index (χ2v) is 5.21. The summed E-state index contributed by atoms with van der Waals surface area (Å²) < 4.78 is 10.5. The predicted molar refractivity (Wildman–Crippen MR) is 86.1 cm³/mol. The largest absolute Gasteiger partial charge is 0.500 e. The molecule has 0 amide bonds. The number of hydrogen-bond acceptors (Lipinski definition) is 6. The van der Waals surface area contributed by atoms with E-state index in [0.29, 0.717) is 12.0 Å². The number of ether oxygens (including phenoxy) is 2. The molecule has 0 spiro atoms. The molecule has 0 saturated heterocycles. The van der Waals surface area contributed by atoms with Crippen LogP contribution >= 0.6 is 0 Å². The molecule has 7 heteroatoms. The SMILES string of the molecule is COC1=CC=CCC1/C=C1\N=C(c2ccc([N+](=O)[O-])cc2)OC1=O. The Morgan fingerprint density at radius 1 is 1.38 bits per heavy atom. The lowest BCUT2D eigenvalue weighted by molar-refractivity contribution is -0.384. The fourth-order valence-electron chi connectivity index (χ4n) is 2.46. The zero-order valence-corrected chi connectivity index (χ0v) is 12.8. The number of cyclic esters (lactones) is 1. The van der Waals surface area contributed by atoms with Crippen LogP contribution < -0.4 is 0 Å². The summed E-state index contributed by atoms with van der Waals surface area (Å²) in [6.07, 6.45) is 8.13. The van der Waals surface area contributed by atoms with Gasteiger partial charge in [-0.05, 0) is 30.7 Å². The number of rotatable bonds is 4. The van der Waals surface area contributed by atoms with Crippen molar-refractivity contribution in [2.75, 3.05) is 7.11 Å².